The summed E-state index contributed by atoms with van der Waals surface area (Å²) < 4.78 is 11.5. The maximum absolute atomic E-state index is 11.8. The molecule has 0 atom stereocenters. The van der Waals surface area contributed by atoms with E-state index in [9.17, 15) is 4.79 Å². The number of benzene rings is 1. The number of rotatable bonds is 5. The second-order valence-corrected chi connectivity index (χ2v) is 13.7. The van der Waals surface area contributed by atoms with Gasteiger partial charge < -0.3 is 14.9 Å². The van der Waals surface area contributed by atoms with Crippen LogP contribution in [0.25, 0.3) is 6.08 Å². The zero-order chi connectivity index (χ0) is 19.5. The van der Waals surface area contributed by atoms with Crippen LogP contribution in [0.2, 0.25) is 18.1 Å². The first-order chi connectivity index (χ1) is 11.2. The molecule has 1 aromatic rings. The van der Waals surface area contributed by atoms with Gasteiger partial charge in [-0.15, -0.1) is 0 Å². The van der Waals surface area contributed by atoms with E-state index in [-0.39, 0.29) is 11.0 Å². The molecule has 140 valence electrons. The second-order valence-electron chi connectivity index (χ2n) is 8.88. The predicted molar refractivity (Wildman–Crippen MR) is 108 cm³/mol. The third kappa shape index (κ3) is 7.04. The van der Waals surface area contributed by atoms with Crippen LogP contribution in [-0.4, -0.2) is 19.9 Å². The third-order valence-corrected chi connectivity index (χ3v) is 8.84. The monoisotopic (exact) mass is 363 g/mol. The van der Waals surface area contributed by atoms with Crippen LogP contribution in [0.3, 0.4) is 0 Å². The molecule has 0 heterocycles. The molecule has 0 saturated heterocycles. The molecule has 4 nitrogen and oxygen atoms in total. The van der Waals surface area contributed by atoms with Crippen molar-refractivity contribution in [2.75, 3.05) is 5.73 Å². The number of esters is 1. The molecule has 0 aliphatic heterocycles. The highest BCUT2D eigenvalue weighted by atomic mass is 28.4. The van der Waals surface area contributed by atoms with E-state index in [2.05, 4.69) is 33.9 Å². The van der Waals surface area contributed by atoms with E-state index in [0.717, 1.165) is 11.1 Å². The Morgan fingerprint density at radius 3 is 2.28 bits per heavy atom. The zero-order valence-corrected chi connectivity index (χ0v) is 17.9. The number of nitrogen functional groups attached to an aromatic ring is 1. The predicted octanol–water partition coefficient (Wildman–Crippen LogP) is 5.15. The van der Waals surface area contributed by atoms with Crippen molar-refractivity contribution in [1.29, 1.82) is 0 Å². The summed E-state index contributed by atoms with van der Waals surface area (Å²) >= 11 is 0. The fourth-order valence-corrected chi connectivity index (χ4v) is 2.79. The lowest BCUT2D eigenvalue weighted by Crippen LogP contribution is -2.40. The van der Waals surface area contributed by atoms with Crippen molar-refractivity contribution in [1.82, 2.24) is 0 Å². The Bertz CT molecular complexity index is 637. The van der Waals surface area contributed by atoms with Crippen molar-refractivity contribution in [3.8, 4) is 0 Å². The summed E-state index contributed by atoms with van der Waals surface area (Å²) in [6.07, 6.45) is 3.11. The van der Waals surface area contributed by atoms with Crippen molar-refractivity contribution < 1.29 is 14.0 Å². The summed E-state index contributed by atoms with van der Waals surface area (Å²) in [5, 5.41) is 0.167. The van der Waals surface area contributed by atoms with E-state index in [1.807, 2.05) is 39.0 Å². The molecule has 0 radical (unpaired) electrons. The number of carbonyl (C=O) groups is 1. The summed E-state index contributed by atoms with van der Waals surface area (Å²) in [5.41, 5.74) is 7.97. The van der Waals surface area contributed by atoms with Gasteiger partial charge in [-0.1, -0.05) is 26.8 Å². The number of nitrogens with two attached hydrogens (primary N) is 1. The first-order valence-electron chi connectivity index (χ1n) is 8.65. The third-order valence-electron chi connectivity index (χ3n) is 4.36. The number of ether oxygens (including phenoxy) is 1. The van der Waals surface area contributed by atoms with Gasteiger partial charge in [0.1, 0.15) is 5.60 Å². The molecule has 2 N–H and O–H groups in total. The topological polar surface area (TPSA) is 61.5 Å². The lowest BCUT2D eigenvalue weighted by atomic mass is 10.1. The van der Waals surface area contributed by atoms with Crippen LogP contribution < -0.4 is 5.73 Å². The average Bonchev–Trinajstić information content (AvgIpc) is 2.42. The molecule has 0 bridgehead atoms. The second kappa shape index (κ2) is 7.75. The summed E-state index contributed by atoms with van der Waals surface area (Å²) in [4.78, 5) is 11.8. The Morgan fingerprint density at radius 1 is 1.16 bits per heavy atom. The molecule has 1 aromatic carbocycles. The lowest BCUT2D eigenvalue weighted by Gasteiger charge is -2.36. The minimum absolute atomic E-state index is 0.167. The molecule has 0 saturated carbocycles. The number of hydrogen-bond donors (Lipinski definition) is 1. The Morgan fingerprint density at radius 2 is 1.76 bits per heavy atom. The van der Waals surface area contributed by atoms with Crippen molar-refractivity contribution in [2.24, 2.45) is 0 Å². The van der Waals surface area contributed by atoms with Gasteiger partial charge >= 0.3 is 5.97 Å². The van der Waals surface area contributed by atoms with Crippen LogP contribution in [-0.2, 0) is 20.6 Å². The number of anilines is 1. The molecule has 0 aliphatic carbocycles. The van der Waals surface area contributed by atoms with Crippen LogP contribution in [0.15, 0.2) is 24.3 Å². The lowest BCUT2D eigenvalue weighted by molar-refractivity contribution is -0.148. The van der Waals surface area contributed by atoms with Gasteiger partial charge in [0.15, 0.2) is 8.32 Å². The smallest absolute Gasteiger partial charge is 0.331 e. The molecule has 5 heteroatoms. The molecule has 0 amide bonds. The van der Waals surface area contributed by atoms with Crippen molar-refractivity contribution in [2.45, 2.75) is 71.9 Å². The van der Waals surface area contributed by atoms with Crippen molar-refractivity contribution in [3.63, 3.8) is 0 Å². The molecule has 25 heavy (non-hydrogen) atoms. The van der Waals surface area contributed by atoms with Crippen LogP contribution in [0.4, 0.5) is 5.69 Å². The summed E-state index contributed by atoms with van der Waals surface area (Å²) in [6.45, 7) is 17.2. The minimum Gasteiger partial charge on any atom is -0.457 e. The number of hydrogen-bond acceptors (Lipinski definition) is 4. The number of carbonyl (C=O) groups excluding carboxylic acids is 1. The van der Waals surface area contributed by atoms with Gasteiger partial charge in [-0.25, -0.2) is 4.79 Å². The van der Waals surface area contributed by atoms with Gasteiger partial charge in [0.05, 0.1) is 6.61 Å². The fraction of sp³-hybridized carbons (Fsp3) is 0.550. The quantitative estimate of drug-likeness (QED) is 0.340. The Hall–Kier alpha value is -1.59. The van der Waals surface area contributed by atoms with Crippen LogP contribution in [0.1, 0.15) is 52.7 Å². The van der Waals surface area contributed by atoms with Gasteiger partial charge in [0, 0.05) is 11.8 Å². The molecule has 0 aliphatic rings. The normalized spacial score (nSPS) is 13.3. The maximum Gasteiger partial charge on any atom is 0.331 e. The highest BCUT2D eigenvalue weighted by Gasteiger charge is 2.37. The molecule has 0 spiro atoms. The minimum atomic E-state index is -1.81. The van der Waals surface area contributed by atoms with Gasteiger partial charge in [-0.2, -0.15) is 0 Å². The average molecular weight is 364 g/mol. The summed E-state index contributed by atoms with van der Waals surface area (Å²) in [7, 11) is -1.81. The molecule has 0 unspecified atom stereocenters. The van der Waals surface area contributed by atoms with E-state index >= 15 is 0 Å². The van der Waals surface area contributed by atoms with Crippen molar-refractivity contribution >= 4 is 26.1 Å². The SMILES string of the molecule is CC(C)(C)OC(=O)/C=C/c1cc(CO[Si](C)(C)C(C)(C)C)ccc1N. The zero-order valence-electron chi connectivity index (χ0n) is 16.9. The van der Waals surface area contributed by atoms with E-state index in [1.54, 1.807) is 6.08 Å². The summed E-state index contributed by atoms with van der Waals surface area (Å²) in [6, 6.07) is 5.77. The first kappa shape index (κ1) is 21.4. The molecule has 0 fully saturated rings. The highest BCUT2D eigenvalue weighted by Crippen LogP contribution is 2.37. The van der Waals surface area contributed by atoms with Gasteiger partial charge in [-0.3, -0.25) is 0 Å². The van der Waals surface area contributed by atoms with Gasteiger partial charge in [0.2, 0.25) is 0 Å². The molecule has 0 aromatic heterocycles. The Balaban J connectivity index is 2.85. The first-order valence-corrected chi connectivity index (χ1v) is 11.6. The van der Waals surface area contributed by atoms with E-state index in [0.29, 0.717) is 12.3 Å². The maximum atomic E-state index is 11.8. The molecular formula is C20H33NO3Si. The van der Waals surface area contributed by atoms with Crippen LogP contribution in [0, 0.1) is 0 Å². The highest BCUT2D eigenvalue weighted by molar-refractivity contribution is 6.74. The van der Waals surface area contributed by atoms with Gasteiger partial charge in [0.25, 0.3) is 0 Å². The van der Waals surface area contributed by atoms with E-state index in [4.69, 9.17) is 14.9 Å². The van der Waals surface area contributed by atoms with Crippen LogP contribution >= 0.6 is 0 Å². The van der Waals surface area contributed by atoms with Crippen LogP contribution in [0.5, 0.6) is 0 Å². The summed E-state index contributed by atoms with van der Waals surface area (Å²) in [5.74, 6) is -0.380. The Labute approximate surface area is 153 Å². The standard InChI is InChI=1S/C20H33NO3Si/c1-19(2,3)24-18(22)12-10-16-13-15(9-11-17(16)21)14-23-25(7,8)20(4,5)6/h9-13H,14,21H2,1-8H3/b12-10+. The Kier molecular flexibility index (Phi) is 6.65. The fourth-order valence-electron chi connectivity index (χ4n) is 1.83. The van der Waals surface area contributed by atoms with E-state index < -0.39 is 13.9 Å². The molecular weight excluding hydrogens is 330 g/mol. The largest absolute Gasteiger partial charge is 0.457 e. The van der Waals surface area contributed by atoms with Gasteiger partial charge in [-0.05, 0) is 68.2 Å². The van der Waals surface area contributed by atoms with E-state index in [1.165, 1.54) is 6.08 Å². The molecule has 1 rings (SSSR count). The van der Waals surface area contributed by atoms with Crippen molar-refractivity contribution in [3.05, 3.63) is 35.4 Å².